The van der Waals surface area contributed by atoms with E-state index in [0.717, 1.165) is 21.9 Å². The standard InChI is InChI=1S/C18H17ClN2O2S2/c1-12-15(21-18(23-12)16-7-4-8-25-16)10-24-11-17(22)20-9-13-5-2-3-6-14(13)19/h2-8H,9-11H2,1H3,(H,20,22). The number of aromatic nitrogens is 1. The van der Waals surface area contributed by atoms with Crippen molar-refractivity contribution in [3.8, 4) is 10.8 Å². The Bertz CT molecular complexity index is 847. The molecule has 0 aliphatic rings. The molecule has 0 fully saturated rings. The number of aryl methyl sites for hydroxylation is 1. The molecule has 0 atom stereocenters. The fourth-order valence-corrected chi connectivity index (χ4v) is 3.90. The predicted octanol–water partition coefficient (Wildman–Crippen LogP) is 4.91. The molecule has 1 amide bonds. The number of nitrogens with zero attached hydrogens (tertiary/aromatic N) is 1. The van der Waals surface area contributed by atoms with Crippen LogP contribution in [-0.4, -0.2) is 16.6 Å². The Labute approximate surface area is 159 Å². The molecule has 3 aromatic rings. The van der Waals surface area contributed by atoms with Crippen LogP contribution in [-0.2, 0) is 17.1 Å². The van der Waals surface area contributed by atoms with Crippen molar-refractivity contribution in [3.05, 3.63) is 63.8 Å². The number of oxazole rings is 1. The Balaban J connectivity index is 1.46. The van der Waals surface area contributed by atoms with E-state index in [4.69, 9.17) is 16.0 Å². The summed E-state index contributed by atoms with van der Waals surface area (Å²) in [5.74, 6) is 2.42. The molecule has 1 N–H and O–H groups in total. The van der Waals surface area contributed by atoms with Gasteiger partial charge in [-0.2, -0.15) is 0 Å². The first-order valence-corrected chi connectivity index (χ1v) is 10.1. The minimum Gasteiger partial charge on any atom is -0.440 e. The van der Waals surface area contributed by atoms with E-state index in [0.29, 0.717) is 29.0 Å². The third-order valence-corrected chi connectivity index (χ3v) is 5.70. The van der Waals surface area contributed by atoms with Gasteiger partial charge < -0.3 is 9.73 Å². The molecule has 2 heterocycles. The summed E-state index contributed by atoms with van der Waals surface area (Å²) in [5, 5.41) is 5.54. The third kappa shape index (κ3) is 4.87. The first kappa shape index (κ1) is 18.0. The summed E-state index contributed by atoms with van der Waals surface area (Å²) in [6, 6.07) is 11.4. The average Bonchev–Trinajstić information content (AvgIpc) is 3.24. The third-order valence-electron chi connectivity index (χ3n) is 3.53. The molecule has 0 unspecified atom stereocenters. The van der Waals surface area contributed by atoms with E-state index in [9.17, 15) is 4.79 Å². The van der Waals surface area contributed by atoms with Gasteiger partial charge in [0, 0.05) is 17.3 Å². The molecule has 0 saturated carbocycles. The Hall–Kier alpha value is -1.76. The van der Waals surface area contributed by atoms with Crippen LogP contribution in [0.1, 0.15) is 17.0 Å². The van der Waals surface area contributed by atoms with E-state index in [-0.39, 0.29) is 5.91 Å². The minimum atomic E-state index is -0.0236. The normalized spacial score (nSPS) is 10.8. The predicted molar refractivity (Wildman–Crippen MR) is 104 cm³/mol. The zero-order chi connectivity index (χ0) is 17.6. The van der Waals surface area contributed by atoms with Crippen molar-refractivity contribution < 1.29 is 9.21 Å². The van der Waals surface area contributed by atoms with Crippen molar-refractivity contribution in [1.29, 1.82) is 0 Å². The van der Waals surface area contributed by atoms with Crippen LogP contribution in [0.4, 0.5) is 0 Å². The van der Waals surface area contributed by atoms with Crippen LogP contribution in [0.5, 0.6) is 0 Å². The summed E-state index contributed by atoms with van der Waals surface area (Å²) in [7, 11) is 0. The van der Waals surface area contributed by atoms with Crippen LogP contribution in [0.15, 0.2) is 46.2 Å². The topological polar surface area (TPSA) is 55.1 Å². The van der Waals surface area contributed by atoms with Crippen LogP contribution >= 0.6 is 34.7 Å². The van der Waals surface area contributed by atoms with Crippen LogP contribution in [0.3, 0.4) is 0 Å². The van der Waals surface area contributed by atoms with Crippen molar-refractivity contribution in [3.63, 3.8) is 0 Å². The number of thiophene rings is 1. The van der Waals surface area contributed by atoms with Gasteiger partial charge in [-0.05, 0) is 30.0 Å². The zero-order valence-electron chi connectivity index (χ0n) is 13.6. The Morgan fingerprint density at radius 3 is 2.92 bits per heavy atom. The highest BCUT2D eigenvalue weighted by atomic mass is 35.5. The molecular weight excluding hydrogens is 376 g/mol. The van der Waals surface area contributed by atoms with Gasteiger partial charge in [-0.1, -0.05) is 35.9 Å². The van der Waals surface area contributed by atoms with Crippen molar-refractivity contribution in [2.24, 2.45) is 0 Å². The van der Waals surface area contributed by atoms with Gasteiger partial charge in [0.1, 0.15) is 5.76 Å². The molecule has 0 radical (unpaired) electrons. The van der Waals surface area contributed by atoms with E-state index < -0.39 is 0 Å². The summed E-state index contributed by atoms with van der Waals surface area (Å²) in [5.41, 5.74) is 1.79. The monoisotopic (exact) mass is 392 g/mol. The van der Waals surface area contributed by atoms with E-state index in [1.165, 1.54) is 11.8 Å². The van der Waals surface area contributed by atoms with Crippen LogP contribution in [0.25, 0.3) is 10.8 Å². The summed E-state index contributed by atoms with van der Waals surface area (Å²) in [6.07, 6.45) is 0. The number of benzene rings is 1. The zero-order valence-corrected chi connectivity index (χ0v) is 16.0. The van der Waals surface area contributed by atoms with Gasteiger partial charge in [0.2, 0.25) is 11.8 Å². The fraction of sp³-hybridized carbons (Fsp3) is 0.222. The molecule has 130 valence electrons. The highest BCUT2D eigenvalue weighted by molar-refractivity contribution is 7.99. The smallest absolute Gasteiger partial charge is 0.236 e. The summed E-state index contributed by atoms with van der Waals surface area (Å²) < 4.78 is 5.71. The molecule has 0 spiro atoms. The van der Waals surface area contributed by atoms with Gasteiger partial charge in [0.05, 0.1) is 16.3 Å². The van der Waals surface area contributed by atoms with Crippen molar-refractivity contribution in [2.45, 2.75) is 19.2 Å². The lowest BCUT2D eigenvalue weighted by Crippen LogP contribution is -2.24. The Kier molecular flexibility index (Phi) is 6.18. The van der Waals surface area contributed by atoms with E-state index in [1.807, 2.05) is 48.7 Å². The number of carbonyl (C=O) groups excluding carboxylic acids is 1. The lowest BCUT2D eigenvalue weighted by molar-refractivity contribution is -0.118. The minimum absolute atomic E-state index is 0.0236. The van der Waals surface area contributed by atoms with Gasteiger partial charge in [0.15, 0.2) is 0 Å². The lowest BCUT2D eigenvalue weighted by Gasteiger charge is -2.06. The number of halogens is 1. The highest BCUT2D eigenvalue weighted by Gasteiger charge is 2.13. The molecule has 0 saturated heterocycles. The molecule has 0 aliphatic heterocycles. The number of rotatable bonds is 7. The van der Waals surface area contributed by atoms with E-state index in [2.05, 4.69) is 10.3 Å². The van der Waals surface area contributed by atoms with Gasteiger partial charge in [-0.25, -0.2) is 4.98 Å². The number of thioether (sulfide) groups is 1. The first-order valence-electron chi connectivity index (χ1n) is 7.71. The Morgan fingerprint density at radius 1 is 1.32 bits per heavy atom. The number of hydrogen-bond donors (Lipinski definition) is 1. The van der Waals surface area contributed by atoms with Gasteiger partial charge in [-0.3, -0.25) is 4.79 Å². The second kappa shape index (κ2) is 8.56. The maximum absolute atomic E-state index is 12.0. The Morgan fingerprint density at radius 2 is 2.16 bits per heavy atom. The number of hydrogen-bond acceptors (Lipinski definition) is 5. The molecule has 0 bridgehead atoms. The van der Waals surface area contributed by atoms with Crippen LogP contribution in [0.2, 0.25) is 5.02 Å². The van der Waals surface area contributed by atoms with E-state index >= 15 is 0 Å². The average molecular weight is 393 g/mol. The largest absolute Gasteiger partial charge is 0.440 e. The molecule has 7 heteroatoms. The molecule has 1 aromatic carbocycles. The maximum Gasteiger partial charge on any atom is 0.236 e. The number of nitrogens with one attached hydrogen (secondary N) is 1. The molecule has 3 rings (SSSR count). The molecule has 2 aromatic heterocycles. The van der Waals surface area contributed by atoms with Crippen molar-refractivity contribution >= 4 is 40.6 Å². The van der Waals surface area contributed by atoms with Crippen molar-refractivity contribution in [2.75, 3.05) is 5.75 Å². The van der Waals surface area contributed by atoms with Gasteiger partial charge >= 0.3 is 0 Å². The molecule has 0 aliphatic carbocycles. The fourth-order valence-electron chi connectivity index (χ4n) is 2.19. The summed E-state index contributed by atoms with van der Waals surface area (Å²) in [6.45, 7) is 2.34. The van der Waals surface area contributed by atoms with E-state index in [1.54, 1.807) is 11.3 Å². The molecular formula is C18H17ClN2O2S2. The SMILES string of the molecule is Cc1oc(-c2cccs2)nc1CSCC(=O)NCc1ccccc1Cl. The quantitative estimate of drug-likeness (QED) is 0.620. The second-order valence-corrected chi connectivity index (χ2v) is 7.70. The van der Waals surface area contributed by atoms with Gasteiger partial charge in [0.25, 0.3) is 0 Å². The van der Waals surface area contributed by atoms with Gasteiger partial charge in [-0.15, -0.1) is 23.1 Å². The maximum atomic E-state index is 12.0. The van der Waals surface area contributed by atoms with Crippen LogP contribution < -0.4 is 5.32 Å². The number of carbonyl (C=O) groups is 1. The highest BCUT2D eigenvalue weighted by Crippen LogP contribution is 2.27. The molecule has 4 nitrogen and oxygen atoms in total. The van der Waals surface area contributed by atoms with Crippen molar-refractivity contribution in [1.82, 2.24) is 10.3 Å². The second-order valence-electron chi connectivity index (χ2n) is 5.36. The summed E-state index contributed by atoms with van der Waals surface area (Å²) >= 11 is 9.19. The molecule has 25 heavy (non-hydrogen) atoms. The lowest BCUT2D eigenvalue weighted by atomic mass is 10.2. The number of amides is 1. The van der Waals surface area contributed by atoms with Crippen LogP contribution in [0, 0.1) is 6.92 Å². The summed E-state index contributed by atoms with van der Waals surface area (Å²) in [4.78, 5) is 17.5. The first-order chi connectivity index (χ1) is 12.1.